The minimum Gasteiger partial charge on any atom is -0.325 e. The van der Waals surface area contributed by atoms with Crippen molar-refractivity contribution < 1.29 is 13.2 Å². The van der Waals surface area contributed by atoms with Crippen LogP contribution >= 0.6 is 23.2 Å². The summed E-state index contributed by atoms with van der Waals surface area (Å²) in [5, 5.41) is 3.48. The van der Waals surface area contributed by atoms with Crippen LogP contribution in [0.5, 0.6) is 0 Å². The van der Waals surface area contributed by atoms with E-state index in [9.17, 15) is 13.2 Å². The second kappa shape index (κ2) is 8.52. The number of sulfonamides is 1. The number of carbonyl (C=O) groups excluding carboxylic acids is 1. The van der Waals surface area contributed by atoms with Crippen LogP contribution in [0.1, 0.15) is 38.5 Å². The zero-order valence-corrected chi connectivity index (χ0v) is 15.9. The Labute approximate surface area is 153 Å². The van der Waals surface area contributed by atoms with Crippen molar-refractivity contribution in [3.8, 4) is 0 Å². The summed E-state index contributed by atoms with van der Waals surface area (Å²) in [5.74, 6) is -0.400. The molecule has 1 aliphatic carbocycles. The highest BCUT2D eigenvalue weighted by Crippen LogP contribution is 2.25. The number of benzene rings is 1. The topological polar surface area (TPSA) is 66.5 Å². The molecule has 0 heterocycles. The smallest absolute Gasteiger partial charge is 0.239 e. The third kappa shape index (κ3) is 5.92. The summed E-state index contributed by atoms with van der Waals surface area (Å²) < 4.78 is 25.6. The maximum Gasteiger partial charge on any atom is 0.239 e. The normalized spacial score (nSPS) is 16.8. The van der Waals surface area contributed by atoms with Gasteiger partial charge in [0.15, 0.2) is 0 Å². The van der Waals surface area contributed by atoms with Gasteiger partial charge < -0.3 is 5.32 Å². The molecule has 0 radical (unpaired) electrons. The lowest BCUT2D eigenvalue weighted by molar-refractivity contribution is -0.116. The molecule has 1 aliphatic rings. The average molecular weight is 393 g/mol. The van der Waals surface area contributed by atoms with Crippen LogP contribution in [0.25, 0.3) is 0 Å². The van der Waals surface area contributed by atoms with E-state index in [1.165, 1.54) is 4.31 Å². The van der Waals surface area contributed by atoms with Gasteiger partial charge in [-0.05, 0) is 31.0 Å². The average Bonchev–Trinajstić information content (AvgIpc) is 2.71. The molecule has 1 N–H and O–H groups in total. The van der Waals surface area contributed by atoms with E-state index in [-0.39, 0.29) is 12.6 Å². The summed E-state index contributed by atoms with van der Waals surface area (Å²) in [6, 6.07) is 4.59. The van der Waals surface area contributed by atoms with Gasteiger partial charge in [-0.25, -0.2) is 8.42 Å². The molecule has 1 aromatic rings. The second-order valence-electron chi connectivity index (χ2n) is 6.16. The van der Waals surface area contributed by atoms with Crippen LogP contribution in [-0.4, -0.2) is 37.5 Å². The zero-order valence-electron chi connectivity index (χ0n) is 13.6. The highest BCUT2D eigenvalue weighted by atomic mass is 35.5. The molecule has 5 nitrogen and oxygen atoms in total. The number of carbonyl (C=O) groups is 1. The first-order chi connectivity index (χ1) is 11.3. The molecule has 1 aromatic carbocycles. The van der Waals surface area contributed by atoms with Crippen molar-refractivity contribution in [1.29, 1.82) is 0 Å². The Morgan fingerprint density at radius 2 is 1.67 bits per heavy atom. The van der Waals surface area contributed by atoms with E-state index < -0.39 is 15.9 Å². The van der Waals surface area contributed by atoms with Crippen molar-refractivity contribution >= 4 is 44.8 Å². The minimum absolute atomic E-state index is 0.115. The fraction of sp³-hybridized carbons (Fsp3) is 0.562. The Morgan fingerprint density at radius 1 is 1.12 bits per heavy atom. The molecule has 2 rings (SSSR count). The molecule has 134 valence electrons. The standard InChI is InChI=1S/C16H22Cl2N2O3S/c1-24(22,23)20(15-6-4-2-3-5-7-15)11-16(21)19-14-9-12(17)8-13(18)10-14/h8-10,15H,2-7,11H2,1H3,(H,19,21). The minimum atomic E-state index is -3.46. The highest BCUT2D eigenvalue weighted by Gasteiger charge is 2.29. The van der Waals surface area contributed by atoms with Crippen LogP contribution in [0, 0.1) is 0 Å². The Hall–Kier alpha value is -0.820. The number of nitrogens with zero attached hydrogens (tertiary/aromatic N) is 1. The predicted octanol–water partition coefficient (Wildman–Crippen LogP) is 3.92. The molecular formula is C16H22Cl2N2O3S. The summed E-state index contributed by atoms with van der Waals surface area (Å²) in [5.41, 5.74) is 0.451. The molecule has 1 saturated carbocycles. The van der Waals surface area contributed by atoms with Crippen molar-refractivity contribution in [1.82, 2.24) is 4.31 Å². The molecule has 24 heavy (non-hydrogen) atoms. The summed E-state index contributed by atoms with van der Waals surface area (Å²) in [6.45, 7) is -0.201. The van der Waals surface area contributed by atoms with Crippen molar-refractivity contribution in [2.24, 2.45) is 0 Å². The molecule has 1 amide bonds. The van der Waals surface area contributed by atoms with Gasteiger partial charge in [0.25, 0.3) is 0 Å². The number of anilines is 1. The number of amides is 1. The zero-order chi connectivity index (χ0) is 17.7. The van der Waals surface area contributed by atoms with Crippen LogP contribution in [0.15, 0.2) is 18.2 Å². The highest BCUT2D eigenvalue weighted by molar-refractivity contribution is 7.88. The van der Waals surface area contributed by atoms with Gasteiger partial charge in [-0.3, -0.25) is 4.79 Å². The third-order valence-electron chi connectivity index (χ3n) is 4.10. The third-order valence-corrected chi connectivity index (χ3v) is 5.82. The van der Waals surface area contributed by atoms with Gasteiger partial charge in [-0.2, -0.15) is 4.31 Å². The first kappa shape index (κ1) is 19.5. The first-order valence-corrected chi connectivity index (χ1v) is 10.6. The molecule has 0 aromatic heterocycles. The van der Waals surface area contributed by atoms with Gasteiger partial charge in [-0.1, -0.05) is 48.9 Å². The molecule has 0 aliphatic heterocycles. The van der Waals surface area contributed by atoms with E-state index in [1.54, 1.807) is 18.2 Å². The molecule has 0 atom stereocenters. The van der Waals surface area contributed by atoms with Gasteiger partial charge in [0, 0.05) is 21.8 Å². The summed E-state index contributed by atoms with van der Waals surface area (Å²) >= 11 is 11.8. The second-order valence-corrected chi connectivity index (χ2v) is 8.97. The summed E-state index contributed by atoms with van der Waals surface area (Å²) in [7, 11) is -3.46. The van der Waals surface area contributed by atoms with E-state index in [1.807, 2.05) is 0 Å². The number of halogens is 2. The quantitative estimate of drug-likeness (QED) is 0.772. The van der Waals surface area contributed by atoms with Gasteiger partial charge in [0.2, 0.25) is 15.9 Å². The number of rotatable bonds is 5. The molecule has 0 unspecified atom stereocenters. The van der Waals surface area contributed by atoms with E-state index >= 15 is 0 Å². The Bertz CT molecular complexity index is 666. The first-order valence-electron chi connectivity index (χ1n) is 7.98. The predicted molar refractivity (Wildman–Crippen MR) is 98.1 cm³/mol. The largest absolute Gasteiger partial charge is 0.325 e. The monoisotopic (exact) mass is 392 g/mol. The van der Waals surface area contributed by atoms with Crippen molar-refractivity contribution in [2.75, 3.05) is 18.1 Å². The maximum atomic E-state index is 12.3. The molecule has 0 saturated heterocycles. The van der Waals surface area contributed by atoms with Crippen molar-refractivity contribution in [2.45, 2.75) is 44.6 Å². The molecule has 8 heteroatoms. The van der Waals surface area contributed by atoms with Crippen LogP contribution in [0.4, 0.5) is 5.69 Å². The van der Waals surface area contributed by atoms with E-state index in [0.29, 0.717) is 15.7 Å². The van der Waals surface area contributed by atoms with Crippen LogP contribution in [0.3, 0.4) is 0 Å². The number of hydrogen-bond acceptors (Lipinski definition) is 3. The lowest BCUT2D eigenvalue weighted by Crippen LogP contribution is -2.44. The Kier molecular flexibility index (Phi) is 6.92. The number of hydrogen-bond donors (Lipinski definition) is 1. The van der Waals surface area contributed by atoms with Crippen molar-refractivity contribution in [3.63, 3.8) is 0 Å². The van der Waals surface area contributed by atoms with Gasteiger partial charge in [0.1, 0.15) is 0 Å². The molecule has 0 spiro atoms. The van der Waals surface area contributed by atoms with E-state index in [2.05, 4.69) is 5.32 Å². The lowest BCUT2D eigenvalue weighted by atomic mass is 10.1. The van der Waals surface area contributed by atoms with E-state index in [0.717, 1.165) is 44.8 Å². The Balaban J connectivity index is 2.09. The van der Waals surface area contributed by atoms with Gasteiger partial charge in [-0.15, -0.1) is 0 Å². The molecular weight excluding hydrogens is 371 g/mol. The molecule has 0 bridgehead atoms. The summed E-state index contributed by atoms with van der Waals surface area (Å²) in [4.78, 5) is 12.3. The lowest BCUT2D eigenvalue weighted by Gasteiger charge is -2.28. The molecule has 1 fully saturated rings. The van der Waals surface area contributed by atoms with Gasteiger partial charge in [0.05, 0.1) is 12.8 Å². The SMILES string of the molecule is CS(=O)(=O)N(CC(=O)Nc1cc(Cl)cc(Cl)c1)C1CCCCCC1. The van der Waals surface area contributed by atoms with Crippen molar-refractivity contribution in [3.05, 3.63) is 28.2 Å². The van der Waals surface area contributed by atoms with Crippen LogP contribution in [0.2, 0.25) is 10.0 Å². The maximum absolute atomic E-state index is 12.3. The van der Waals surface area contributed by atoms with E-state index in [4.69, 9.17) is 23.2 Å². The van der Waals surface area contributed by atoms with Crippen LogP contribution < -0.4 is 5.32 Å². The fourth-order valence-corrected chi connectivity index (χ4v) is 4.66. The van der Waals surface area contributed by atoms with Gasteiger partial charge >= 0.3 is 0 Å². The fourth-order valence-electron chi connectivity index (χ4n) is 3.03. The number of nitrogens with one attached hydrogen (secondary N) is 1. The Morgan fingerprint density at radius 3 is 2.17 bits per heavy atom. The summed E-state index contributed by atoms with van der Waals surface area (Å²) in [6.07, 6.45) is 6.95. The van der Waals surface area contributed by atoms with Crippen LogP contribution in [-0.2, 0) is 14.8 Å².